The van der Waals surface area contributed by atoms with E-state index in [1.165, 1.54) is 26.0 Å². The molecule has 302 valence electrons. The first kappa shape index (κ1) is 41.3. The van der Waals surface area contributed by atoms with E-state index in [9.17, 15) is 4.79 Å². The van der Waals surface area contributed by atoms with Crippen molar-refractivity contribution in [3.8, 4) is 40.5 Å². The zero-order valence-electron chi connectivity index (χ0n) is 31.7. The number of halogens is 3. The van der Waals surface area contributed by atoms with Crippen LogP contribution >= 0.6 is 0 Å². The molecule has 1 unspecified atom stereocenters. The summed E-state index contributed by atoms with van der Waals surface area (Å²) in [5, 5.41) is 23.6. The fourth-order valence-electron chi connectivity index (χ4n) is 6.42. The predicted octanol–water partition coefficient (Wildman–Crippen LogP) is 6.92. The van der Waals surface area contributed by atoms with Crippen molar-refractivity contribution in [1.29, 1.82) is 0 Å². The Balaban J connectivity index is 1.56. The molecule has 0 aliphatic heterocycles. The minimum Gasteiger partial charge on any atom is -0.497 e. The largest absolute Gasteiger partial charge is 0.497 e. The van der Waals surface area contributed by atoms with Crippen LogP contribution in [0.25, 0.3) is 11.4 Å². The van der Waals surface area contributed by atoms with Gasteiger partial charge >= 0.3 is 12.3 Å². The molecule has 0 radical (unpaired) electrons. The van der Waals surface area contributed by atoms with Crippen LogP contribution in [-0.4, -0.2) is 71.5 Å². The monoisotopic (exact) mass is 816 g/mol. The van der Waals surface area contributed by atoms with Crippen LogP contribution in [0, 0.1) is 11.8 Å². The summed E-state index contributed by atoms with van der Waals surface area (Å²) in [6, 6.07) is 21.4. The van der Waals surface area contributed by atoms with Crippen LogP contribution in [0.3, 0.4) is 0 Å². The Labute approximate surface area is 333 Å². The van der Waals surface area contributed by atoms with Crippen molar-refractivity contribution < 1.29 is 45.7 Å². The lowest BCUT2D eigenvalue weighted by molar-refractivity contribution is -0.139. The van der Waals surface area contributed by atoms with Gasteiger partial charge in [-0.05, 0) is 100 Å². The number of tetrazole rings is 1. The van der Waals surface area contributed by atoms with Gasteiger partial charge < -0.3 is 24.6 Å². The molecule has 1 aromatic heterocycles. The highest BCUT2D eigenvalue weighted by atomic mass is 32.2. The molecular weight excluding hydrogens is 778 g/mol. The number of carboxylic acid groups (broad SMARTS) is 1. The number of alkyl halides is 3. The molecule has 2 N–H and O–H groups in total. The average molecular weight is 817 g/mol. The first-order valence-electron chi connectivity index (χ1n) is 17.9. The van der Waals surface area contributed by atoms with Gasteiger partial charge in [-0.25, -0.2) is 17.9 Å². The number of carbonyl (C=O) groups is 1. The lowest BCUT2D eigenvalue weighted by Crippen LogP contribution is -2.34. The lowest BCUT2D eigenvalue weighted by Gasteiger charge is -2.26. The molecule has 6 rings (SSSR count). The van der Waals surface area contributed by atoms with Gasteiger partial charge in [-0.3, -0.25) is 0 Å². The first-order chi connectivity index (χ1) is 27.8. The van der Waals surface area contributed by atoms with Gasteiger partial charge in [0.2, 0.25) is 10.0 Å². The number of amides is 1. The Morgan fingerprint density at radius 1 is 0.862 bits per heavy atom. The molecule has 0 saturated heterocycles. The summed E-state index contributed by atoms with van der Waals surface area (Å²) < 4.78 is 94.3. The number of aromatic nitrogens is 4. The second-order valence-corrected chi connectivity index (χ2v) is 15.1. The van der Waals surface area contributed by atoms with Crippen molar-refractivity contribution in [3.05, 3.63) is 124 Å². The second kappa shape index (κ2) is 17.8. The third kappa shape index (κ3) is 9.76. The van der Waals surface area contributed by atoms with E-state index in [-0.39, 0.29) is 37.1 Å². The van der Waals surface area contributed by atoms with Crippen LogP contribution < -0.4 is 19.5 Å². The second-order valence-electron chi connectivity index (χ2n) is 13.2. The number of nitrogens with one attached hydrogen (secondary N) is 1. The molecular formula is C41H39F3N6O7S. The van der Waals surface area contributed by atoms with Crippen molar-refractivity contribution in [2.45, 2.75) is 56.0 Å². The van der Waals surface area contributed by atoms with Crippen LogP contribution in [0.1, 0.15) is 47.1 Å². The topological polar surface area (TPSA) is 158 Å². The summed E-state index contributed by atoms with van der Waals surface area (Å²) in [6.45, 7) is -0.681. The maximum atomic E-state index is 15.3. The number of nitrogens with zero attached hydrogens (tertiary/aromatic N) is 5. The maximum Gasteiger partial charge on any atom is 0.417 e. The van der Waals surface area contributed by atoms with Crippen molar-refractivity contribution in [1.82, 2.24) is 29.8 Å². The van der Waals surface area contributed by atoms with Gasteiger partial charge in [0.05, 0.1) is 39.0 Å². The Morgan fingerprint density at radius 2 is 1.41 bits per heavy atom. The van der Waals surface area contributed by atoms with E-state index >= 15 is 21.6 Å². The molecule has 0 saturated carbocycles. The molecule has 0 fully saturated rings. The molecule has 13 nitrogen and oxygen atoms in total. The number of benzene rings is 4. The SMILES string of the molecule is COc1ccc(CN(Cc2ccc(OC)cc2)S(=O)(=O)c2c(C(F)(F)F)ccc(C#CC3=CCC(NC(=O)O)CC3)c2-c2nnnn2Cc2ccc(OC)cc2)cc1. The summed E-state index contributed by atoms with van der Waals surface area (Å²) in [4.78, 5) is 10.1. The molecule has 0 spiro atoms. The summed E-state index contributed by atoms with van der Waals surface area (Å²) in [5.41, 5.74) is 0.283. The predicted molar refractivity (Wildman–Crippen MR) is 207 cm³/mol. The van der Waals surface area contributed by atoms with Gasteiger partial charge in [0.15, 0.2) is 5.82 Å². The summed E-state index contributed by atoms with van der Waals surface area (Å²) in [7, 11) is -0.639. The zero-order valence-corrected chi connectivity index (χ0v) is 32.5. The minimum atomic E-state index is -5.15. The van der Waals surface area contributed by atoms with E-state index in [1.54, 1.807) is 78.9 Å². The van der Waals surface area contributed by atoms with E-state index < -0.39 is 38.3 Å². The summed E-state index contributed by atoms with van der Waals surface area (Å²) >= 11 is 0. The van der Waals surface area contributed by atoms with Gasteiger partial charge in [-0.2, -0.15) is 17.5 Å². The molecule has 17 heteroatoms. The number of allylic oxidation sites excluding steroid dienone is 1. The number of hydrogen-bond donors (Lipinski definition) is 2. The molecule has 1 aliphatic carbocycles. The zero-order chi connectivity index (χ0) is 41.5. The molecule has 4 aromatic carbocycles. The van der Waals surface area contributed by atoms with Gasteiger partial charge in [0.1, 0.15) is 22.1 Å². The van der Waals surface area contributed by atoms with Crippen molar-refractivity contribution in [3.63, 3.8) is 0 Å². The van der Waals surface area contributed by atoms with Crippen LogP contribution in [-0.2, 0) is 35.8 Å². The molecule has 1 aliphatic rings. The van der Waals surface area contributed by atoms with Crippen molar-refractivity contribution in [2.75, 3.05) is 21.3 Å². The Kier molecular flexibility index (Phi) is 12.7. The fraction of sp³-hybridized carbons (Fsp3) is 0.268. The molecule has 1 atom stereocenters. The standard InChI is InChI=1S/C41H39F3N6O7S/c1-55-33-17-7-28(8-18-33)24-49(25-29-9-19-34(56-2)20-10-29)58(53,54)38-36(41(42,43)44)23-14-31(13-4-27-5-15-32(16-6-27)45-40(51)52)37(38)39-46-47-48-50(39)26-30-11-21-35(57-3)22-12-30/h5,7-12,14,17-23,32,45H,6,15-16,24-26H2,1-3H3,(H,51,52). The van der Waals surface area contributed by atoms with Gasteiger partial charge in [0, 0.05) is 24.7 Å². The number of methoxy groups -OCH3 is 3. The number of sulfonamides is 1. The lowest BCUT2D eigenvalue weighted by atomic mass is 9.95. The van der Waals surface area contributed by atoms with E-state index in [0.29, 0.717) is 64.8 Å². The Bertz CT molecular complexity index is 2390. The Hall–Kier alpha value is -6.38. The van der Waals surface area contributed by atoms with Crippen molar-refractivity contribution >= 4 is 16.1 Å². The quantitative estimate of drug-likeness (QED) is 0.120. The fourth-order valence-corrected chi connectivity index (χ4v) is 8.24. The third-order valence-electron chi connectivity index (χ3n) is 9.44. The molecule has 58 heavy (non-hydrogen) atoms. The first-order valence-corrected chi connectivity index (χ1v) is 19.3. The Morgan fingerprint density at radius 3 is 1.90 bits per heavy atom. The molecule has 1 amide bonds. The summed E-state index contributed by atoms with van der Waals surface area (Å²) in [5.74, 6) is 7.24. The number of rotatable bonds is 13. The van der Waals surface area contributed by atoms with E-state index in [2.05, 4.69) is 32.7 Å². The van der Waals surface area contributed by atoms with Crippen molar-refractivity contribution in [2.24, 2.45) is 0 Å². The normalized spacial score (nSPS) is 14.3. The van der Waals surface area contributed by atoms with E-state index in [0.717, 1.165) is 10.4 Å². The number of ether oxygens (including phenoxy) is 3. The van der Waals surface area contributed by atoms with Crippen LogP contribution in [0.2, 0.25) is 0 Å². The highest BCUT2D eigenvalue weighted by Gasteiger charge is 2.43. The van der Waals surface area contributed by atoms with Gasteiger partial charge in [0.25, 0.3) is 0 Å². The molecule has 1 heterocycles. The van der Waals surface area contributed by atoms with E-state index in [1.807, 2.05) is 0 Å². The minimum absolute atomic E-state index is 0.0422. The average Bonchev–Trinajstić information content (AvgIpc) is 3.67. The van der Waals surface area contributed by atoms with E-state index in [4.69, 9.17) is 19.3 Å². The van der Waals surface area contributed by atoms with Gasteiger partial charge in [-0.15, -0.1) is 5.10 Å². The van der Waals surface area contributed by atoms with Crippen LogP contribution in [0.4, 0.5) is 18.0 Å². The highest BCUT2D eigenvalue weighted by molar-refractivity contribution is 7.89. The van der Waals surface area contributed by atoms with Crippen LogP contribution in [0.5, 0.6) is 17.2 Å². The number of hydrogen-bond acceptors (Lipinski definition) is 9. The smallest absolute Gasteiger partial charge is 0.417 e. The summed E-state index contributed by atoms with van der Waals surface area (Å²) in [6.07, 6.45) is -3.39. The third-order valence-corrected chi connectivity index (χ3v) is 11.3. The maximum absolute atomic E-state index is 15.3. The highest BCUT2D eigenvalue weighted by Crippen LogP contribution is 2.42. The van der Waals surface area contributed by atoms with Crippen LogP contribution in [0.15, 0.2) is 101 Å². The molecule has 5 aromatic rings. The van der Waals surface area contributed by atoms with Gasteiger partial charge in [-0.1, -0.05) is 54.3 Å². The molecule has 0 bridgehead atoms.